The Bertz CT molecular complexity index is 813. The van der Waals surface area contributed by atoms with Gasteiger partial charge in [0.05, 0.1) is 6.61 Å². The Kier molecular flexibility index (Phi) is 7.87. The summed E-state index contributed by atoms with van der Waals surface area (Å²) in [4.78, 5) is 17.1. The Hall–Kier alpha value is -2.31. The average molecular weight is 443 g/mol. The summed E-state index contributed by atoms with van der Waals surface area (Å²) < 4.78 is 33.0. The fourth-order valence-electron chi connectivity index (χ4n) is 4.76. The number of ether oxygens (including phenoxy) is 1. The fourth-order valence-corrected chi connectivity index (χ4v) is 4.76. The van der Waals surface area contributed by atoms with Crippen LogP contribution >= 0.6 is 0 Å². The SMILES string of the molecule is O=C(C1CCCCC1)N1CCN(CCOC(c2ccc(F)cc2)c2ccc(F)cc2)CC1. The summed E-state index contributed by atoms with van der Waals surface area (Å²) in [7, 11) is 0. The minimum absolute atomic E-state index is 0.228. The van der Waals surface area contributed by atoms with Crippen LogP contribution in [0, 0.1) is 17.6 Å². The standard InChI is InChI=1S/C26H32F2N2O2/c27-23-10-6-20(7-11-23)25(21-8-12-24(28)13-9-21)32-19-18-29-14-16-30(17-15-29)26(31)22-4-2-1-3-5-22/h6-13,22,25H,1-5,14-19H2. The minimum atomic E-state index is -0.384. The van der Waals surface area contributed by atoms with Gasteiger partial charge in [0.15, 0.2) is 0 Å². The van der Waals surface area contributed by atoms with Crippen molar-refractivity contribution >= 4 is 5.91 Å². The van der Waals surface area contributed by atoms with Crippen LogP contribution in [0.5, 0.6) is 0 Å². The van der Waals surface area contributed by atoms with Crippen molar-refractivity contribution in [3.05, 3.63) is 71.3 Å². The highest BCUT2D eigenvalue weighted by atomic mass is 19.1. The summed E-state index contributed by atoms with van der Waals surface area (Å²) in [5, 5.41) is 0. The van der Waals surface area contributed by atoms with E-state index in [0.717, 1.165) is 56.7 Å². The van der Waals surface area contributed by atoms with Crippen LogP contribution in [0.15, 0.2) is 48.5 Å². The second-order valence-corrected chi connectivity index (χ2v) is 8.86. The van der Waals surface area contributed by atoms with Crippen molar-refractivity contribution < 1.29 is 18.3 Å². The van der Waals surface area contributed by atoms with Gasteiger partial charge in [0.1, 0.15) is 17.7 Å². The Morgan fingerprint density at radius 2 is 1.38 bits per heavy atom. The van der Waals surface area contributed by atoms with E-state index in [2.05, 4.69) is 4.90 Å². The zero-order valence-corrected chi connectivity index (χ0v) is 18.5. The van der Waals surface area contributed by atoms with Gasteiger partial charge in [-0.2, -0.15) is 0 Å². The van der Waals surface area contributed by atoms with Crippen molar-refractivity contribution in [3.8, 4) is 0 Å². The topological polar surface area (TPSA) is 32.8 Å². The molecule has 1 aliphatic carbocycles. The summed E-state index contributed by atoms with van der Waals surface area (Å²) in [6, 6.07) is 12.5. The maximum absolute atomic E-state index is 13.4. The molecule has 0 unspecified atom stereocenters. The molecule has 1 aliphatic heterocycles. The third-order valence-corrected chi connectivity index (χ3v) is 6.68. The lowest BCUT2D eigenvalue weighted by Gasteiger charge is -2.37. The number of piperazine rings is 1. The largest absolute Gasteiger partial charge is 0.367 e. The second-order valence-electron chi connectivity index (χ2n) is 8.86. The number of rotatable bonds is 7. The summed E-state index contributed by atoms with van der Waals surface area (Å²) in [5.74, 6) is -0.0291. The van der Waals surface area contributed by atoms with Gasteiger partial charge in [-0.15, -0.1) is 0 Å². The van der Waals surface area contributed by atoms with E-state index in [0.29, 0.717) is 12.5 Å². The smallest absolute Gasteiger partial charge is 0.225 e. The quantitative estimate of drug-likeness (QED) is 0.618. The average Bonchev–Trinajstić information content (AvgIpc) is 2.84. The zero-order chi connectivity index (χ0) is 22.3. The first kappa shape index (κ1) is 22.9. The van der Waals surface area contributed by atoms with Crippen LogP contribution in [0.25, 0.3) is 0 Å². The molecule has 0 aromatic heterocycles. The number of benzene rings is 2. The molecule has 1 amide bonds. The summed E-state index contributed by atoms with van der Waals surface area (Å²) in [6.45, 7) is 4.49. The van der Waals surface area contributed by atoms with E-state index in [1.807, 2.05) is 4.90 Å². The van der Waals surface area contributed by atoms with E-state index in [9.17, 15) is 13.6 Å². The fraction of sp³-hybridized carbons (Fsp3) is 0.500. The van der Waals surface area contributed by atoms with Gasteiger partial charge in [-0.05, 0) is 48.2 Å². The van der Waals surface area contributed by atoms with Crippen molar-refractivity contribution in [2.45, 2.75) is 38.2 Å². The Balaban J connectivity index is 1.29. The number of halogens is 2. The number of nitrogens with zero attached hydrogens (tertiary/aromatic N) is 2. The van der Waals surface area contributed by atoms with Gasteiger partial charge < -0.3 is 9.64 Å². The maximum Gasteiger partial charge on any atom is 0.225 e. The molecule has 1 heterocycles. The Morgan fingerprint density at radius 3 is 1.91 bits per heavy atom. The second kappa shape index (κ2) is 11.0. The maximum atomic E-state index is 13.4. The molecule has 2 fully saturated rings. The number of amides is 1. The predicted molar refractivity (Wildman–Crippen MR) is 120 cm³/mol. The molecular formula is C26H32F2N2O2. The third-order valence-electron chi connectivity index (χ3n) is 6.68. The van der Waals surface area contributed by atoms with Crippen LogP contribution in [-0.4, -0.2) is 55.0 Å². The molecule has 6 heteroatoms. The normalized spacial score (nSPS) is 18.3. The van der Waals surface area contributed by atoms with E-state index in [1.165, 1.54) is 43.5 Å². The van der Waals surface area contributed by atoms with Gasteiger partial charge in [-0.3, -0.25) is 9.69 Å². The number of carbonyl (C=O) groups is 1. The predicted octanol–water partition coefficient (Wildman–Crippen LogP) is 4.80. The molecule has 32 heavy (non-hydrogen) atoms. The van der Waals surface area contributed by atoms with Crippen molar-refractivity contribution in [1.82, 2.24) is 9.80 Å². The Morgan fingerprint density at radius 1 is 0.844 bits per heavy atom. The summed E-state index contributed by atoms with van der Waals surface area (Å²) >= 11 is 0. The molecule has 2 aliphatic rings. The number of carbonyl (C=O) groups excluding carboxylic acids is 1. The van der Waals surface area contributed by atoms with Crippen molar-refractivity contribution in [1.29, 1.82) is 0 Å². The minimum Gasteiger partial charge on any atom is -0.367 e. The number of hydrogen-bond donors (Lipinski definition) is 0. The van der Waals surface area contributed by atoms with Crippen LogP contribution in [0.2, 0.25) is 0 Å². The van der Waals surface area contributed by atoms with Crippen LogP contribution in [0.4, 0.5) is 8.78 Å². The molecule has 0 N–H and O–H groups in total. The van der Waals surface area contributed by atoms with Crippen molar-refractivity contribution in [2.24, 2.45) is 5.92 Å². The van der Waals surface area contributed by atoms with Crippen molar-refractivity contribution in [2.75, 3.05) is 39.3 Å². The van der Waals surface area contributed by atoms with Crippen molar-refractivity contribution in [3.63, 3.8) is 0 Å². The molecule has 2 aromatic carbocycles. The van der Waals surface area contributed by atoms with Gasteiger partial charge in [-0.25, -0.2) is 8.78 Å². The van der Waals surface area contributed by atoms with Crippen LogP contribution in [0.3, 0.4) is 0 Å². The van der Waals surface area contributed by atoms with E-state index >= 15 is 0 Å². The van der Waals surface area contributed by atoms with Crippen LogP contribution < -0.4 is 0 Å². The molecule has 1 saturated carbocycles. The molecule has 4 nitrogen and oxygen atoms in total. The van der Waals surface area contributed by atoms with Gasteiger partial charge in [0.2, 0.25) is 5.91 Å². The number of hydrogen-bond acceptors (Lipinski definition) is 3. The molecule has 1 saturated heterocycles. The summed E-state index contributed by atoms with van der Waals surface area (Å²) in [6.07, 6.45) is 5.31. The van der Waals surface area contributed by atoms with Gasteiger partial charge >= 0.3 is 0 Å². The van der Waals surface area contributed by atoms with E-state index in [4.69, 9.17) is 4.74 Å². The highest BCUT2D eigenvalue weighted by Crippen LogP contribution is 2.27. The monoisotopic (exact) mass is 442 g/mol. The third kappa shape index (κ3) is 5.93. The van der Waals surface area contributed by atoms with Gasteiger partial charge in [-0.1, -0.05) is 43.5 Å². The highest BCUT2D eigenvalue weighted by molar-refractivity contribution is 5.79. The molecular weight excluding hydrogens is 410 g/mol. The van der Waals surface area contributed by atoms with E-state index in [-0.39, 0.29) is 23.7 Å². The zero-order valence-electron chi connectivity index (χ0n) is 18.5. The lowest BCUT2D eigenvalue weighted by molar-refractivity contribution is -0.138. The Labute approximate surface area is 189 Å². The molecule has 0 spiro atoms. The molecule has 4 rings (SSSR count). The molecule has 2 aromatic rings. The van der Waals surface area contributed by atoms with E-state index < -0.39 is 0 Å². The molecule has 0 bridgehead atoms. The van der Waals surface area contributed by atoms with Gasteiger partial charge in [0.25, 0.3) is 0 Å². The first-order valence-electron chi connectivity index (χ1n) is 11.7. The lowest BCUT2D eigenvalue weighted by Crippen LogP contribution is -2.51. The van der Waals surface area contributed by atoms with Crippen LogP contribution in [-0.2, 0) is 9.53 Å². The lowest BCUT2D eigenvalue weighted by atomic mass is 9.88. The first-order valence-corrected chi connectivity index (χ1v) is 11.7. The van der Waals surface area contributed by atoms with E-state index in [1.54, 1.807) is 24.3 Å². The molecule has 0 atom stereocenters. The molecule has 172 valence electrons. The van der Waals surface area contributed by atoms with Gasteiger partial charge in [0, 0.05) is 38.6 Å². The van der Waals surface area contributed by atoms with Crippen LogP contribution in [0.1, 0.15) is 49.3 Å². The summed E-state index contributed by atoms with van der Waals surface area (Å²) in [5.41, 5.74) is 1.67. The first-order chi connectivity index (χ1) is 15.6. The molecule has 0 radical (unpaired) electrons. The highest BCUT2D eigenvalue weighted by Gasteiger charge is 2.28.